The van der Waals surface area contributed by atoms with Crippen LogP contribution in [0.4, 0.5) is 5.69 Å². The molecule has 2 nitrogen and oxygen atoms in total. The van der Waals surface area contributed by atoms with Crippen molar-refractivity contribution in [2.24, 2.45) is 0 Å². The summed E-state index contributed by atoms with van der Waals surface area (Å²) in [4.78, 5) is 10.1. The van der Waals surface area contributed by atoms with Gasteiger partial charge in [0.2, 0.25) is 0 Å². The van der Waals surface area contributed by atoms with Gasteiger partial charge in [-0.2, -0.15) is 0 Å². The molecule has 0 aliphatic carbocycles. The summed E-state index contributed by atoms with van der Waals surface area (Å²) in [6.45, 7) is 0. The molecule has 0 radical (unpaired) electrons. The summed E-state index contributed by atoms with van der Waals surface area (Å²) in [6.07, 6.45) is 0.745. The van der Waals surface area contributed by atoms with Gasteiger partial charge in [0.15, 0.2) is 6.29 Å². The number of nitrogen functional groups attached to an aromatic ring is 1. The van der Waals surface area contributed by atoms with Crippen LogP contribution in [0.1, 0.15) is 10.4 Å². The van der Waals surface area contributed by atoms with Crippen LogP contribution in [-0.2, 0) is 0 Å². The normalized spacial score (nSPS) is 8.00. The average Bonchev–Trinajstić information content (AvgIpc) is 1.89. The topological polar surface area (TPSA) is 43.1 Å². The van der Waals surface area contributed by atoms with E-state index in [1.54, 1.807) is 24.3 Å². The number of nitrogens with two attached hydrogens (primary N) is 1. The number of carbonyl (C=O) groups is 1. The summed E-state index contributed by atoms with van der Waals surface area (Å²) in [6, 6.07) is 6.95. The van der Waals surface area contributed by atoms with E-state index < -0.39 is 0 Å². The first-order valence-electron chi connectivity index (χ1n) is 2.64. The maximum absolute atomic E-state index is 10.1. The van der Waals surface area contributed by atoms with Crippen LogP contribution in [0.15, 0.2) is 24.3 Å². The fourth-order valence-corrected chi connectivity index (χ4v) is 0.618. The van der Waals surface area contributed by atoms with Gasteiger partial charge in [0.1, 0.15) is 0 Å². The maximum atomic E-state index is 10.1. The van der Waals surface area contributed by atoms with Crippen LogP contribution in [0.25, 0.3) is 0 Å². The molecule has 3 heteroatoms. The first kappa shape index (κ1) is 9.69. The molecule has 1 aromatic carbocycles. The number of anilines is 1. The van der Waals surface area contributed by atoms with Gasteiger partial charge in [0, 0.05) is 11.3 Å². The molecular weight excluding hydrogens is 137 g/mol. The van der Waals surface area contributed by atoms with Crippen molar-refractivity contribution < 1.29 is 4.79 Å². The fraction of sp³-hybridized carbons (Fsp3) is 0. The van der Waals surface area contributed by atoms with Crippen LogP contribution in [0.2, 0.25) is 0 Å². The molecule has 0 heterocycles. The molecule has 0 aliphatic rings. The Hall–Kier alpha value is -0.310. The molecule has 0 bridgehead atoms. The van der Waals surface area contributed by atoms with Crippen molar-refractivity contribution in [3.63, 3.8) is 0 Å². The third kappa shape index (κ3) is 2.14. The van der Waals surface area contributed by atoms with Crippen LogP contribution in [-0.4, -0.2) is 35.8 Å². The second kappa shape index (κ2) is 4.50. The number of benzene rings is 1. The van der Waals surface area contributed by atoms with Crippen molar-refractivity contribution in [2.75, 3.05) is 5.73 Å². The minimum atomic E-state index is 0. The third-order valence-corrected chi connectivity index (χ3v) is 1.12. The second-order valence-corrected chi connectivity index (χ2v) is 1.75. The number of hydrogen-bond acceptors (Lipinski definition) is 2. The number of hydrogen-bond donors (Lipinski definition) is 1. The summed E-state index contributed by atoms with van der Waals surface area (Å²) >= 11 is 0. The first-order chi connectivity index (χ1) is 4.34. The predicted molar refractivity (Wildman–Crippen MR) is 43.4 cm³/mol. The van der Waals surface area contributed by atoms with Crippen molar-refractivity contribution in [3.05, 3.63) is 29.8 Å². The van der Waals surface area contributed by atoms with Crippen LogP contribution in [0.3, 0.4) is 0 Å². The predicted octanol–water partition coefficient (Wildman–Crippen LogP) is 0.433. The number of carbonyl (C=O) groups excluding carboxylic acids is 1. The van der Waals surface area contributed by atoms with Gasteiger partial charge in [0.05, 0.1) is 0 Å². The minimum absolute atomic E-state index is 0. The van der Waals surface area contributed by atoms with Gasteiger partial charge < -0.3 is 5.73 Å². The molecule has 1 rings (SSSR count). The van der Waals surface area contributed by atoms with E-state index in [-0.39, 0.29) is 29.6 Å². The summed E-state index contributed by atoms with van der Waals surface area (Å²) < 4.78 is 0. The van der Waals surface area contributed by atoms with Gasteiger partial charge in [-0.1, -0.05) is 12.1 Å². The van der Waals surface area contributed by atoms with Gasteiger partial charge in [-0.05, 0) is 12.1 Å². The molecule has 0 aromatic heterocycles. The van der Waals surface area contributed by atoms with Crippen LogP contribution >= 0.6 is 0 Å². The van der Waals surface area contributed by atoms with Gasteiger partial charge in [-0.15, -0.1) is 0 Å². The molecule has 1 aromatic rings. The summed E-state index contributed by atoms with van der Waals surface area (Å²) in [5.41, 5.74) is 6.49. The van der Waals surface area contributed by atoms with Gasteiger partial charge in [-0.3, -0.25) is 4.79 Å². The number of rotatable bonds is 1. The van der Waals surface area contributed by atoms with Crippen molar-refractivity contribution >= 4 is 41.5 Å². The fourth-order valence-electron chi connectivity index (χ4n) is 0.618. The first-order valence-corrected chi connectivity index (χ1v) is 2.64. The molecule has 0 fully saturated rings. The average molecular weight is 145 g/mol. The van der Waals surface area contributed by atoms with E-state index in [0.29, 0.717) is 11.3 Å². The SMILES string of the molecule is Nc1ccccc1C=O.[NaH]. The Labute approximate surface area is 81.7 Å². The summed E-state index contributed by atoms with van der Waals surface area (Å²) in [7, 11) is 0. The summed E-state index contributed by atoms with van der Waals surface area (Å²) in [5, 5.41) is 0. The zero-order chi connectivity index (χ0) is 6.69. The molecule has 2 N–H and O–H groups in total. The standard InChI is InChI=1S/C7H7NO.Na.H/c8-7-4-2-1-3-6(7)5-9;;/h1-5H,8H2;;. The number of aldehydes is 1. The molecule has 0 unspecified atom stereocenters. The van der Waals surface area contributed by atoms with Gasteiger partial charge >= 0.3 is 29.6 Å². The molecular formula is C7H8NNaO. The second-order valence-electron chi connectivity index (χ2n) is 1.75. The Kier molecular flexibility index (Phi) is 4.36. The van der Waals surface area contributed by atoms with E-state index in [0.717, 1.165) is 6.29 Å². The van der Waals surface area contributed by atoms with Crippen LogP contribution in [0, 0.1) is 0 Å². The zero-order valence-corrected chi connectivity index (χ0v) is 4.87. The Morgan fingerprint density at radius 2 is 1.90 bits per heavy atom. The summed E-state index contributed by atoms with van der Waals surface area (Å²) in [5.74, 6) is 0. The van der Waals surface area contributed by atoms with Crippen molar-refractivity contribution in [2.45, 2.75) is 0 Å². The molecule has 10 heavy (non-hydrogen) atoms. The molecule has 0 saturated carbocycles. The Morgan fingerprint density at radius 1 is 1.30 bits per heavy atom. The number of para-hydroxylation sites is 1. The van der Waals surface area contributed by atoms with E-state index in [2.05, 4.69) is 0 Å². The van der Waals surface area contributed by atoms with Crippen molar-refractivity contribution in [1.82, 2.24) is 0 Å². The van der Waals surface area contributed by atoms with E-state index in [4.69, 9.17) is 5.73 Å². The Morgan fingerprint density at radius 3 is 2.30 bits per heavy atom. The quantitative estimate of drug-likeness (QED) is 0.354. The molecule has 0 spiro atoms. The van der Waals surface area contributed by atoms with E-state index in [1.807, 2.05) is 0 Å². The van der Waals surface area contributed by atoms with E-state index in [1.165, 1.54) is 0 Å². The zero-order valence-electron chi connectivity index (χ0n) is 4.87. The van der Waals surface area contributed by atoms with Crippen LogP contribution < -0.4 is 5.73 Å². The molecule has 0 amide bonds. The van der Waals surface area contributed by atoms with E-state index in [9.17, 15) is 4.79 Å². The van der Waals surface area contributed by atoms with Crippen molar-refractivity contribution in [1.29, 1.82) is 0 Å². The molecule has 0 atom stereocenters. The van der Waals surface area contributed by atoms with E-state index >= 15 is 0 Å². The van der Waals surface area contributed by atoms with Crippen LogP contribution in [0.5, 0.6) is 0 Å². The van der Waals surface area contributed by atoms with Gasteiger partial charge in [-0.25, -0.2) is 0 Å². The monoisotopic (exact) mass is 145 g/mol. The molecule has 0 aliphatic heterocycles. The Balaban J connectivity index is 0.000000810. The molecule has 48 valence electrons. The Bertz CT molecular complexity index is 225. The third-order valence-electron chi connectivity index (χ3n) is 1.12. The van der Waals surface area contributed by atoms with Crippen molar-refractivity contribution in [3.8, 4) is 0 Å². The van der Waals surface area contributed by atoms with Gasteiger partial charge in [0.25, 0.3) is 0 Å². The molecule has 0 saturated heterocycles.